The van der Waals surface area contributed by atoms with Crippen molar-refractivity contribution in [1.82, 2.24) is 0 Å². The zero-order chi connectivity index (χ0) is 20.4. The third-order valence-electron chi connectivity index (χ3n) is 4.77. The third-order valence-corrected chi connectivity index (χ3v) is 4.77. The van der Waals surface area contributed by atoms with Crippen molar-refractivity contribution < 1.29 is 41.5 Å². The van der Waals surface area contributed by atoms with E-state index in [0.29, 0.717) is 0 Å². The van der Waals surface area contributed by atoms with Crippen LogP contribution in [0.2, 0.25) is 0 Å². The summed E-state index contributed by atoms with van der Waals surface area (Å²) in [6, 6.07) is 2.35. The van der Waals surface area contributed by atoms with Crippen molar-refractivity contribution in [1.29, 1.82) is 0 Å². The van der Waals surface area contributed by atoms with Gasteiger partial charge in [0.15, 0.2) is 0 Å². The van der Waals surface area contributed by atoms with Crippen LogP contribution in [0.25, 0.3) is 0 Å². The van der Waals surface area contributed by atoms with Gasteiger partial charge >= 0.3 is 19.5 Å². The van der Waals surface area contributed by atoms with E-state index in [9.17, 15) is 18.0 Å². The Morgan fingerprint density at radius 1 is 0.963 bits per heavy atom. The van der Waals surface area contributed by atoms with E-state index in [0.717, 1.165) is 6.07 Å². The highest BCUT2D eigenvalue weighted by molar-refractivity contribution is 6.63. The van der Waals surface area contributed by atoms with E-state index in [-0.39, 0.29) is 11.2 Å². The van der Waals surface area contributed by atoms with Crippen molar-refractivity contribution in [3.05, 3.63) is 17.7 Å². The number of ether oxygens (including phenoxy) is 3. The zero-order valence-electron chi connectivity index (χ0n) is 15.8. The number of cyclic esters (lactones) is 1. The van der Waals surface area contributed by atoms with Crippen molar-refractivity contribution in [2.45, 2.75) is 64.9 Å². The lowest BCUT2D eigenvalue weighted by Gasteiger charge is -2.34. The molecule has 0 bridgehead atoms. The minimum Gasteiger partial charge on any atom is -0.452 e. The van der Waals surface area contributed by atoms with E-state index in [1.165, 1.54) is 19.9 Å². The highest BCUT2D eigenvalue weighted by Gasteiger charge is 2.54. The van der Waals surface area contributed by atoms with Gasteiger partial charge < -0.3 is 23.5 Å². The molecule has 2 aliphatic rings. The van der Waals surface area contributed by atoms with Crippen LogP contribution in [0.15, 0.2) is 12.1 Å². The van der Waals surface area contributed by atoms with E-state index in [2.05, 4.69) is 4.74 Å². The summed E-state index contributed by atoms with van der Waals surface area (Å²) in [7, 11) is -0.939. The van der Waals surface area contributed by atoms with Gasteiger partial charge in [-0.25, -0.2) is 4.79 Å². The molecular formula is C17H20BF3O6. The van der Waals surface area contributed by atoms with Crippen LogP contribution >= 0.6 is 0 Å². The minimum absolute atomic E-state index is 0.114. The largest absolute Gasteiger partial charge is 0.573 e. The van der Waals surface area contributed by atoms with E-state index in [1.54, 1.807) is 0 Å². The first-order chi connectivity index (χ1) is 12.1. The average Bonchev–Trinajstić information content (AvgIpc) is 2.63. The molecule has 0 amide bonds. The van der Waals surface area contributed by atoms with Crippen molar-refractivity contribution in [3.8, 4) is 11.5 Å². The van der Waals surface area contributed by atoms with Crippen LogP contribution in [0.3, 0.4) is 0 Å². The Morgan fingerprint density at radius 2 is 1.52 bits per heavy atom. The summed E-state index contributed by atoms with van der Waals surface area (Å²) in [6.45, 7) is 10.3. The summed E-state index contributed by atoms with van der Waals surface area (Å²) in [5.74, 6) is -3.19. The molecule has 1 saturated heterocycles. The van der Waals surface area contributed by atoms with E-state index in [4.69, 9.17) is 18.8 Å². The van der Waals surface area contributed by atoms with Gasteiger partial charge in [0.25, 0.3) is 0 Å². The molecule has 0 spiro atoms. The number of hydrogen-bond donors (Lipinski definition) is 0. The number of carbonyl (C=O) groups is 1. The molecule has 6 nitrogen and oxygen atoms in total. The molecule has 3 rings (SSSR count). The van der Waals surface area contributed by atoms with Crippen LogP contribution in [-0.4, -0.2) is 36.4 Å². The van der Waals surface area contributed by atoms with Crippen LogP contribution in [0.1, 0.15) is 51.9 Å². The molecule has 0 saturated carbocycles. The van der Waals surface area contributed by atoms with Crippen LogP contribution in [0, 0.1) is 0 Å². The van der Waals surface area contributed by atoms with E-state index >= 15 is 0 Å². The molecular weight excluding hydrogens is 368 g/mol. The molecule has 1 aromatic carbocycles. The quantitative estimate of drug-likeness (QED) is 0.573. The smallest absolute Gasteiger partial charge is 0.452 e. The molecule has 2 aliphatic heterocycles. The predicted molar refractivity (Wildman–Crippen MR) is 89.0 cm³/mol. The standard InChI is InChI=1S/C17H20BF3O6/c1-14(2)15(3,4)27-18(26-14)9-7-8-10(23-17(19,20)21)11-12(9)24-16(5,6)25-13(11)22/h7-8H,1-6H3. The molecule has 1 fully saturated rings. The number of fused-ring (bicyclic) bond motifs is 1. The molecule has 0 N–H and O–H groups in total. The third kappa shape index (κ3) is 3.60. The van der Waals surface area contributed by atoms with Crippen LogP contribution < -0.4 is 14.9 Å². The SMILES string of the molecule is CC1(C)OC(=O)c2c(OC(F)(F)F)ccc(B3OC(C)(C)C(C)(C)O3)c2O1. The van der Waals surface area contributed by atoms with E-state index < -0.39 is 47.8 Å². The van der Waals surface area contributed by atoms with Crippen molar-refractivity contribution in [2.75, 3.05) is 0 Å². The fraction of sp³-hybridized carbons (Fsp3) is 0.588. The maximum Gasteiger partial charge on any atom is 0.573 e. The number of halogens is 3. The number of alkyl halides is 3. The molecule has 0 aromatic heterocycles. The first-order valence-electron chi connectivity index (χ1n) is 8.32. The van der Waals surface area contributed by atoms with Crippen molar-refractivity contribution in [2.24, 2.45) is 0 Å². The second kappa shape index (κ2) is 5.78. The van der Waals surface area contributed by atoms with Gasteiger partial charge in [-0.1, -0.05) is 6.07 Å². The number of hydrogen-bond acceptors (Lipinski definition) is 6. The Kier molecular flexibility index (Phi) is 4.24. The fourth-order valence-corrected chi connectivity index (χ4v) is 2.79. The lowest BCUT2D eigenvalue weighted by molar-refractivity contribution is -0.274. The molecule has 148 valence electrons. The van der Waals surface area contributed by atoms with Gasteiger partial charge in [-0.05, 0) is 33.8 Å². The van der Waals surface area contributed by atoms with Crippen molar-refractivity contribution >= 4 is 18.6 Å². The number of benzene rings is 1. The predicted octanol–water partition coefficient (Wildman–Crippen LogP) is 3.17. The topological polar surface area (TPSA) is 63.2 Å². The molecule has 10 heteroatoms. The van der Waals surface area contributed by atoms with Gasteiger partial charge in [-0.15, -0.1) is 13.2 Å². The highest BCUT2D eigenvalue weighted by atomic mass is 19.4. The first-order valence-corrected chi connectivity index (χ1v) is 8.32. The number of carbonyl (C=O) groups excluding carboxylic acids is 1. The Morgan fingerprint density at radius 3 is 2.04 bits per heavy atom. The fourth-order valence-electron chi connectivity index (χ4n) is 2.79. The van der Waals surface area contributed by atoms with Gasteiger partial charge in [0.1, 0.15) is 17.1 Å². The van der Waals surface area contributed by atoms with Crippen LogP contribution in [0.5, 0.6) is 11.5 Å². The Balaban J connectivity index is 2.12. The molecule has 0 atom stereocenters. The molecule has 0 unspecified atom stereocenters. The van der Waals surface area contributed by atoms with Gasteiger partial charge in [0, 0.05) is 19.3 Å². The summed E-state index contributed by atoms with van der Waals surface area (Å²) >= 11 is 0. The molecule has 27 heavy (non-hydrogen) atoms. The number of esters is 1. The molecule has 0 aliphatic carbocycles. The highest BCUT2D eigenvalue weighted by Crippen LogP contribution is 2.41. The lowest BCUT2D eigenvalue weighted by atomic mass is 9.77. The Hall–Kier alpha value is -1.94. The van der Waals surface area contributed by atoms with E-state index in [1.807, 2.05) is 27.7 Å². The molecule has 0 radical (unpaired) electrons. The molecule has 1 aromatic rings. The monoisotopic (exact) mass is 388 g/mol. The van der Waals surface area contributed by atoms with Crippen LogP contribution in [-0.2, 0) is 14.0 Å². The summed E-state index contributed by atoms with van der Waals surface area (Å²) in [4.78, 5) is 12.4. The number of rotatable bonds is 2. The van der Waals surface area contributed by atoms with Gasteiger partial charge in [0.2, 0.25) is 5.79 Å². The summed E-state index contributed by atoms with van der Waals surface area (Å²) < 4.78 is 64.8. The Bertz CT molecular complexity index is 772. The normalized spacial score (nSPS) is 22.7. The summed E-state index contributed by atoms with van der Waals surface area (Å²) in [5, 5.41) is 0. The zero-order valence-corrected chi connectivity index (χ0v) is 15.8. The molecule has 2 heterocycles. The van der Waals surface area contributed by atoms with Crippen molar-refractivity contribution in [3.63, 3.8) is 0 Å². The maximum atomic E-state index is 12.7. The average molecular weight is 388 g/mol. The summed E-state index contributed by atoms with van der Waals surface area (Å²) in [6.07, 6.45) is -4.98. The first kappa shape index (κ1) is 19.8. The van der Waals surface area contributed by atoms with Crippen LogP contribution in [0.4, 0.5) is 13.2 Å². The lowest BCUT2D eigenvalue weighted by Crippen LogP contribution is -2.45. The van der Waals surface area contributed by atoms with Gasteiger partial charge in [-0.2, -0.15) is 0 Å². The van der Waals surface area contributed by atoms with Gasteiger partial charge in [0.05, 0.1) is 11.2 Å². The minimum atomic E-state index is -4.98. The van der Waals surface area contributed by atoms with Gasteiger partial charge in [-0.3, -0.25) is 0 Å². The summed E-state index contributed by atoms with van der Waals surface area (Å²) in [5.41, 5.74) is -1.55. The second-order valence-electron chi connectivity index (χ2n) is 7.88. The maximum absolute atomic E-state index is 12.7. The second-order valence-corrected chi connectivity index (χ2v) is 7.88. The Labute approximate surface area is 155 Å².